The highest BCUT2D eigenvalue weighted by Crippen LogP contribution is 2.30. The van der Waals surface area contributed by atoms with Crippen LogP contribution in [0.4, 0.5) is 18.9 Å². The van der Waals surface area contributed by atoms with Crippen molar-refractivity contribution in [2.45, 2.75) is 26.1 Å². The topological polar surface area (TPSA) is 51.1 Å². The van der Waals surface area contributed by atoms with Gasteiger partial charge in [-0.1, -0.05) is 17.4 Å². The summed E-state index contributed by atoms with van der Waals surface area (Å²) in [5, 5.41) is 4.09. The number of carbonyl (C=O) groups excluding carboxylic acids is 1. The van der Waals surface area contributed by atoms with Gasteiger partial charge in [0.1, 0.15) is 0 Å². The Morgan fingerprint density at radius 2 is 2.09 bits per heavy atom. The summed E-state index contributed by atoms with van der Waals surface area (Å²) in [6.45, 7) is 1.95. The Labute approximate surface area is 128 Å². The molecule has 0 unspecified atom stereocenters. The summed E-state index contributed by atoms with van der Waals surface area (Å²) in [6, 6.07) is 4.42. The van der Waals surface area contributed by atoms with Crippen molar-refractivity contribution in [1.82, 2.24) is 4.57 Å². The highest BCUT2D eigenvalue weighted by atomic mass is 32.1. The van der Waals surface area contributed by atoms with Crippen molar-refractivity contribution in [3.63, 3.8) is 0 Å². The summed E-state index contributed by atoms with van der Waals surface area (Å²) < 4.78 is 39.2. The maximum absolute atomic E-state index is 12.6. The minimum atomic E-state index is -4.46. The number of thiazole rings is 1. The molecule has 1 aromatic carbocycles. The summed E-state index contributed by atoms with van der Waals surface area (Å²) in [5.41, 5.74) is 0.00581. The number of aryl methyl sites for hydroxylation is 1. The number of nitrogens with one attached hydrogen (secondary N) is 1. The zero-order valence-electron chi connectivity index (χ0n) is 11.6. The Balaban J connectivity index is 1.99. The van der Waals surface area contributed by atoms with Crippen LogP contribution in [0.2, 0.25) is 0 Å². The first kappa shape index (κ1) is 16.3. The molecule has 0 saturated heterocycles. The zero-order chi connectivity index (χ0) is 16.3. The maximum Gasteiger partial charge on any atom is 0.416 e. The maximum atomic E-state index is 12.6. The first-order chi connectivity index (χ1) is 10.3. The van der Waals surface area contributed by atoms with Gasteiger partial charge in [-0.3, -0.25) is 9.59 Å². The quantitative estimate of drug-likeness (QED) is 0.935. The van der Waals surface area contributed by atoms with Crippen molar-refractivity contribution in [3.05, 3.63) is 50.6 Å². The third-order valence-corrected chi connectivity index (χ3v) is 3.89. The molecule has 1 N–H and O–H groups in total. The van der Waals surface area contributed by atoms with Gasteiger partial charge in [-0.05, 0) is 25.1 Å². The Bertz CT molecular complexity index is 734. The third-order valence-electron chi connectivity index (χ3n) is 3.01. The van der Waals surface area contributed by atoms with Gasteiger partial charge in [0, 0.05) is 29.7 Å². The van der Waals surface area contributed by atoms with Crippen LogP contribution in [-0.2, 0) is 17.5 Å². The molecular formula is C14H13F3N2O2S. The molecule has 8 heteroatoms. The van der Waals surface area contributed by atoms with E-state index in [0.29, 0.717) is 0 Å². The lowest BCUT2D eigenvalue weighted by atomic mass is 10.2. The molecule has 22 heavy (non-hydrogen) atoms. The zero-order valence-corrected chi connectivity index (χ0v) is 12.4. The van der Waals surface area contributed by atoms with Gasteiger partial charge in [0.05, 0.1) is 5.56 Å². The molecule has 2 rings (SSSR count). The van der Waals surface area contributed by atoms with Gasteiger partial charge < -0.3 is 9.88 Å². The number of nitrogens with zero attached hydrogens (tertiary/aromatic N) is 1. The number of anilines is 1. The molecule has 0 spiro atoms. The lowest BCUT2D eigenvalue weighted by Crippen LogP contribution is -2.20. The van der Waals surface area contributed by atoms with Crippen molar-refractivity contribution in [2.75, 3.05) is 5.32 Å². The van der Waals surface area contributed by atoms with Gasteiger partial charge in [-0.2, -0.15) is 13.2 Å². The molecular weight excluding hydrogens is 317 g/mol. The molecule has 1 amide bonds. The van der Waals surface area contributed by atoms with Crippen LogP contribution < -0.4 is 10.2 Å². The van der Waals surface area contributed by atoms with Crippen molar-refractivity contribution >= 4 is 22.9 Å². The van der Waals surface area contributed by atoms with Crippen LogP contribution in [-0.4, -0.2) is 10.5 Å². The standard InChI is InChI=1S/C14H13F3N2O2S/c1-9-8-22-13(21)19(9)6-5-12(20)18-11-4-2-3-10(7-11)14(15,16)17/h2-4,7-8H,5-6H2,1H3,(H,18,20). The molecule has 0 radical (unpaired) electrons. The van der Waals surface area contributed by atoms with E-state index in [4.69, 9.17) is 0 Å². The Kier molecular flexibility index (Phi) is 4.70. The van der Waals surface area contributed by atoms with Crippen molar-refractivity contribution < 1.29 is 18.0 Å². The van der Waals surface area contributed by atoms with E-state index in [1.54, 1.807) is 12.3 Å². The van der Waals surface area contributed by atoms with Gasteiger partial charge >= 0.3 is 11.0 Å². The molecule has 1 heterocycles. The summed E-state index contributed by atoms with van der Waals surface area (Å²) in [4.78, 5) is 23.1. The molecule has 1 aromatic heterocycles. The summed E-state index contributed by atoms with van der Waals surface area (Å²) in [7, 11) is 0. The number of halogens is 3. The fourth-order valence-electron chi connectivity index (χ4n) is 1.88. The lowest BCUT2D eigenvalue weighted by molar-refractivity contribution is -0.137. The van der Waals surface area contributed by atoms with E-state index in [-0.39, 0.29) is 23.5 Å². The Morgan fingerprint density at radius 3 is 2.68 bits per heavy atom. The second kappa shape index (κ2) is 6.35. The summed E-state index contributed by atoms with van der Waals surface area (Å²) in [5.74, 6) is -0.447. The molecule has 0 bridgehead atoms. The van der Waals surface area contributed by atoms with Gasteiger partial charge in [-0.25, -0.2) is 0 Å². The van der Waals surface area contributed by atoms with Crippen LogP contribution in [0.3, 0.4) is 0 Å². The Morgan fingerprint density at radius 1 is 1.36 bits per heavy atom. The second-order valence-electron chi connectivity index (χ2n) is 4.67. The lowest BCUT2D eigenvalue weighted by Gasteiger charge is -2.10. The summed E-state index contributed by atoms with van der Waals surface area (Å²) >= 11 is 1.04. The average molecular weight is 330 g/mol. The molecule has 0 fully saturated rings. The largest absolute Gasteiger partial charge is 0.416 e. The van der Waals surface area contributed by atoms with Crippen LogP contribution in [0.15, 0.2) is 34.4 Å². The molecule has 2 aromatic rings. The number of rotatable bonds is 4. The van der Waals surface area contributed by atoms with Gasteiger partial charge in [0.2, 0.25) is 5.91 Å². The monoisotopic (exact) mass is 330 g/mol. The number of benzene rings is 1. The molecule has 0 atom stereocenters. The molecule has 0 aliphatic heterocycles. The predicted molar refractivity (Wildman–Crippen MR) is 78.0 cm³/mol. The number of carbonyl (C=O) groups is 1. The SMILES string of the molecule is Cc1csc(=O)n1CCC(=O)Nc1cccc(C(F)(F)F)c1. The van der Waals surface area contributed by atoms with E-state index in [9.17, 15) is 22.8 Å². The fourth-order valence-corrected chi connectivity index (χ4v) is 2.65. The molecule has 0 saturated carbocycles. The van der Waals surface area contributed by atoms with Crippen molar-refractivity contribution in [2.24, 2.45) is 0 Å². The van der Waals surface area contributed by atoms with E-state index in [1.807, 2.05) is 0 Å². The highest BCUT2D eigenvalue weighted by molar-refractivity contribution is 7.07. The first-order valence-electron chi connectivity index (χ1n) is 6.39. The number of hydrogen-bond acceptors (Lipinski definition) is 3. The second-order valence-corrected chi connectivity index (χ2v) is 5.49. The van der Waals surface area contributed by atoms with Gasteiger partial charge in [0.15, 0.2) is 0 Å². The number of hydrogen-bond donors (Lipinski definition) is 1. The van der Waals surface area contributed by atoms with Gasteiger partial charge in [0.25, 0.3) is 0 Å². The van der Waals surface area contributed by atoms with E-state index in [2.05, 4.69) is 5.32 Å². The third kappa shape index (κ3) is 3.97. The van der Waals surface area contributed by atoms with E-state index >= 15 is 0 Å². The molecule has 118 valence electrons. The Hall–Kier alpha value is -2.09. The van der Waals surface area contributed by atoms with Crippen LogP contribution >= 0.6 is 11.3 Å². The van der Waals surface area contributed by atoms with Crippen molar-refractivity contribution in [3.8, 4) is 0 Å². The molecule has 4 nitrogen and oxygen atoms in total. The van der Waals surface area contributed by atoms with E-state index < -0.39 is 17.6 Å². The number of amides is 1. The summed E-state index contributed by atoms with van der Waals surface area (Å²) in [6.07, 6.45) is -4.45. The number of aromatic nitrogens is 1. The fraction of sp³-hybridized carbons (Fsp3) is 0.286. The normalized spacial score (nSPS) is 11.5. The van der Waals surface area contributed by atoms with E-state index in [1.165, 1.54) is 16.7 Å². The minimum Gasteiger partial charge on any atom is -0.326 e. The van der Waals surface area contributed by atoms with E-state index in [0.717, 1.165) is 29.2 Å². The first-order valence-corrected chi connectivity index (χ1v) is 7.27. The smallest absolute Gasteiger partial charge is 0.326 e. The van der Waals surface area contributed by atoms with Crippen molar-refractivity contribution in [1.29, 1.82) is 0 Å². The minimum absolute atomic E-state index is 0.00766. The highest BCUT2D eigenvalue weighted by Gasteiger charge is 2.30. The van der Waals surface area contributed by atoms with Crippen LogP contribution in [0.25, 0.3) is 0 Å². The molecule has 0 aliphatic carbocycles. The van der Waals surface area contributed by atoms with Crippen LogP contribution in [0, 0.1) is 6.92 Å². The predicted octanol–water partition coefficient (Wildman–Crippen LogP) is 3.27. The van der Waals surface area contributed by atoms with Crippen LogP contribution in [0.5, 0.6) is 0 Å². The van der Waals surface area contributed by atoms with Gasteiger partial charge in [-0.15, -0.1) is 0 Å². The average Bonchev–Trinajstić information content (AvgIpc) is 2.75. The van der Waals surface area contributed by atoms with Crippen LogP contribution in [0.1, 0.15) is 17.7 Å². The number of alkyl halides is 3. The molecule has 0 aliphatic rings.